The van der Waals surface area contributed by atoms with Crippen LogP contribution in [0.3, 0.4) is 0 Å². The van der Waals surface area contributed by atoms with Gasteiger partial charge in [0.25, 0.3) is 0 Å². The van der Waals surface area contributed by atoms with Crippen LogP contribution in [0.25, 0.3) is 11.3 Å². The Morgan fingerprint density at radius 1 is 1.09 bits per heavy atom. The zero-order valence-electron chi connectivity index (χ0n) is 24.7. The van der Waals surface area contributed by atoms with Crippen LogP contribution in [-0.4, -0.2) is 70.8 Å². The summed E-state index contributed by atoms with van der Waals surface area (Å²) in [5, 5.41) is 3.04. The summed E-state index contributed by atoms with van der Waals surface area (Å²) in [4.78, 5) is 29.5. The molecule has 238 valence electrons. The van der Waals surface area contributed by atoms with Crippen molar-refractivity contribution in [1.82, 2.24) is 19.9 Å². The highest BCUT2D eigenvalue weighted by Crippen LogP contribution is 2.40. The van der Waals surface area contributed by atoms with Crippen LogP contribution in [0.2, 0.25) is 0 Å². The molecule has 15 heteroatoms. The molecule has 0 amide bonds. The van der Waals surface area contributed by atoms with Gasteiger partial charge in [0.05, 0.1) is 18.4 Å². The lowest BCUT2D eigenvalue weighted by atomic mass is 9.91. The molecule has 2 aromatic heterocycles. The first-order valence-electron chi connectivity index (χ1n) is 14.1. The number of likely N-dealkylation sites (tertiary alicyclic amines) is 1. The van der Waals surface area contributed by atoms with Crippen LogP contribution in [0.1, 0.15) is 50.0 Å². The maximum absolute atomic E-state index is 15.8. The Labute approximate surface area is 255 Å². The summed E-state index contributed by atoms with van der Waals surface area (Å²) in [5.74, 6) is -2.48. The Balaban J connectivity index is 1.45. The van der Waals surface area contributed by atoms with E-state index in [1.807, 2.05) is 0 Å². The van der Waals surface area contributed by atoms with E-state index in [1.165, 1.54) is 20.5 Å². The van der Waals surface area contributed by atoms with Crippen LogP contribution in [0.15, 0.2) is 24.5 Å². The predicted molar refractivity (Wildman–Crippen MR) is 155 cm³/mol. The average Bonchev–Trinajstić information content (AvgIpc) is 3.55. The van der Waals surface area contributed by atoms with Crippen molar-refractivity contribution < 1.29 is 36.2 Å². The number of ether oxygens (including phenoxy) is 2. The van der Waals surface area contributed by atoms with E-state index in [4.69, 9.17) is 9.47 Å². The molecule has 1 aromatic carbocycles. The number of nitrogens with zero attached hydrogens (tertiary/aromatic N) is 5. The van der Waals surface area contributed by atoms with Gasteiger partial charge in [-0.15, -0.1) is 0 Å². The third-order valence-electron chi connectivity index (χ3n) is 8.47. The van der Waals surface area contributed by atoms with Crippen molar-refractivity contribution in [2.24, 2.45) is 0 Å². The number of carbonyl (C=O) groups is 1. The summed E-state index contributed by atoms with van der Waals surface area (Å²) in [5.41, 5.74) is -2.10. The summed E-state index contributed by atoms with van der Waals surface area (Å²) in [6.07, 6.45) is -1.12. The van der Waals surface area contributed by atoms with Gasteiger partial charge in [-0.3, -0.25) is 4.90 Å². The first-order chi connectivity index (χ1) is 20.8. The van der Waals surface area contributed by atoms with Crippen molar-refractivity contribution in [3.63, 3.8) is 0 Å². The highest BCUT2D eigenvalue weighted by Gasteiger charge is 2.43. The first-order valence-corrected chi connectivity index (χ1v) is 15.0. The lowest BCUT2D eigenvalue weighted by molar-refractivity contribution is -0.168. The maximum atomic E-state index is 15.8. The number of methoxy groups -OCH3 is 2. The molecule has 0 saturated carbocycles. The number of aromatic nitrogens is 3. The number of piperidine rings is 1. The minimum atomic E-state index is -4.75. The minimum absolute atomic E-state index is 0.00809. The van der Waals surface area contributed by atoms with Crippen molar-refractivity contribution in [3.8, 4) is 11.3 Å². The minimum Gasteiger partial charge on any atom is -0.467 e. The van der Waals surface area contributed by atoms with Crippen molar-refractivity contribution in [2.45, 2.75) is 69.9 Å². The highest BCUT2D eigenvalue weighted by atomic mass is 32.1. The monoisotopic (exact) mass is 640 g/mol. The molecule has 2 fully saturated rings. The van der Waals surface area contributed by atoms with Gasteiger partial charge in [-0.05, 0) is 44.9 Å². The zero-order valence-corrected chi connectivity index (χ0v) is 25.5. The molecule has 0 bridgehead atoms. The lowest BCUT2D eigenvalue weighted by Crippen LogP contribution is -2.51. The molecule has 2 aliphatic heterocycles. The number of thiazole rings is 1. The van der Waals surface area contributed by atoms with E-state index in [0.717, 1.165) is 36.3 Å². The Morgan fingerprint density at radius 3 is 2.39 bits per heavy atom. The Bertz CT molecular complexity index is 1500. The third kappa shape index (κ3) is 6.35. The molecule has 2 saturated heterocycles. The van der Waals surface area contributed by atoms with Gasteiger partial charge in [-0.25, -0.2) is 24.1 Å². The van der Waals surface area contributed by atoms with Crippen molar-refractivity contribution in [1.29, 1.82) is 0 Å². The van der Waals surface area contributed by atoms with Crippen LogP contribution in [0, 0.1) is 11.6 Å². The molecule has 4 heterocycles. The van der Waals surface area contributed by atoms with Gasteiger partial charge in [0.15, 0.2) is 22.4 Å². The summed E-state index contributed by atoms with van der Waals surface area (Å²) in [6, 6.07) is 2.80. The molecule has 2 atom stereocenters. The summed E-state index contributed by atoms with van der Waals surface area (Å²) in [7, 11) is 2.71. The summed E-state index contributed by atoms with van der Waals surface area (Å²) >= 11 is 1.14. The predicted octanol–water partition coefficient (Wildman–Crippen LogP) is 6.17. The second kappa shape index (κ2) is 12.5. The van der Waals surface area contributed by atoms with Gasteiger partial charge < -0.3 is 19.7 Å². The fourth-order valence-electron chi connectivity index (χ4n) is 5.88. The second-order valence-electron chi connectivity index (χ2n) is 11.1. The normalized spacial score (nSPS) is 20.6. The van der Waals surface area contributed by atoms with Gasteiger partial charge in [-0.1, -0.05) is 11.3 Å². The van der Waals surface area contributed by atoms with Gasteiger partial charge >= 0.3 is 12.1 Å². The number of carbonyl (C=O) groups excluding carboxylic acids is 1. The molecular weight excluding hydrogens is 607 g/mol. The molecule has 9 nitrogen and oxygen atoms in total. The third-order valence-corrected chi connectivity index (χ3v) is 9.43. The smallest absolute Gasteiger partial charge is 0.416 e. The van der Waals surface area contributed by atoms with Crippen LogP contribution < -0.4 is 10.2 Å². The van der Waals surface area contributed by atoms with Gasteiger partial charge in [0.1, 0.15) is 12.1 Å². The van der Waals surface area contributed by atoms with E-state index in [0.29, 0.717) is 17.5 Å². The molecule has 0 spiro atoms. The largest absolute Gasteiger partial charge is 0.467 e. The van der Waals surface area contributed by atoms with E-state index >= 15 is 4.39 Å². The lowest BCUT2D eigenvalue weighted by Gasteiger charge is -2.39. The van der Waals surface area contributed by atoms with Gasteiger partial charge in [0.2, 0.25) is 5.82 Å². The molecule has 0 radical (unpaired) electrons. The van der Waals surface area contributed by atoms with Gasteiger partial charge in [-0.2, -0.15) is 17.6 Å². The quantitative estimate of drug-likeness (QED) is 0.229. The number of rotatable bonds is 8. The van der Waals surface area contributed by atoms with Gasteiger partial charge in [0, 0.05) is 62.1 Å². The Hall–Kier alpha value is -3.43. The van der Waals surface area contributed by atoms with E-state index in [1.54, 1.807) is 4.90 Å². The molecular formula is C29H33F5N6O3S. The number of esters is 1. The van der Waals surface area contributed by atoms with E-state index in [9.17, 15) is 22.4 Å². The molecule has 3 aromatic rings. The number of alkyl halides is 3. The van der Waals surface area contributed by atoms with E-state index in [-0.39, 0.29) is 66.0 Å². The molecule has 44 heavy (non-hydrogen) atoms. The van der Waals surface area contributed by atoms with E-state index < -0.39 is 34.9 Å². The molecule has 0 aliphatic carbocycles. The Kier molecular flexibility index (Phi) is 9.10. The topological polar surface area (TPSA) is 92.7 Å². The number of benzene rings is 1. The number of hydrogen-bond acceptors (Lipinski definition) is 10. The molecule has 2 aliphatic rings. The Morgan fingerprint density at radius 2 is 1.77 bits per heavy atom. The number of hydrogen-bond donors (Lipinski definition) is 1. The summed E-state index contributed by atoms with van der Waals surface area (Å²) in [6.45, 7) is 5.05. The fraction of sp³-hybridized carbons (Fsp3) is 0.517. The van der Waals surface area contributed by atoms with Crippen LogP contribution in [-0.2, 0) is 27.0 Å². The standard InChI is InChI=1S/C29H33F5N6O3S/c1-16-5-6-17(2)40(16)14-21-23(18-11-19(29(32,33)34)13-20(30)12-18)37-27(44-21)38-24-22(31)25(36-15-35-24)39-9-7-28(43-4,8-10-39)26(41)42-3/h11-13,15-17H,5-10,14H2,1-4H3,(H,35,36,37,38)/t16-,17-/m1/s1. The summed E-state index contributed by atoms with van der Waals surface area (Å²) < 4.78 is 81.2. The SMILES string of the molecule is COC(=O)C1(OC)CCN(c2ncnc(Nc3nc(-c4cc(F)cc(C(F)(F)F)c4)c(CN4[C@H](C)CC[C@H]4C)s3)c2F)CC1. The average molecular weight is 641 g/mol. The zero-order chi connectivity index (χ0) is 31.8. The molecule has 1 N–H and O–H groups in total. The maximum Gasteiger partial charge on any atom is 0.416 e. The molecule has 0 unspecified atom stereocenters. The fourth-order valence-corrected chi connectivity index (χ4v) is 6.87. The second-order valence-corrected chi connectivity index (χ2v) is 12.2. The van der Waals surface area contributed by atoms with Crippen LogP contribution >= 0.6 is 11.3 Å². The van der Waals surface area contributed by atoms with Crippen molar-refractivity contribution in [3.05, 3.63) is 46.6 Å². The van der Waals surface area contributed by atoms with Crippen molar-refractivity contribution in [2.75, 3.05) is 37.5 Å². The number of halogens is 5. The highest BCUT2D eigenvalue weighted by molar-refractivity contribution is 7.16. The number of nitrogens with one attached hydrogen (secondary N) is 1. The van der Waals surface area contributed by atoms with Crippen LogP contribution in [0.5, 0.6) is 0 Å². The van der Waals surface area contributed by atoms with Crippen LogP contribution in [0.4, 0.5) is 38.7 Å². The van der Waals surface area contributed by atoms with Crippen molar-refractivity contribution >= 4 is 34.1 Å². The van der Waals surface area contributed by atoms with E-state index in [2.05, 4.69) is 39.0 Å². The molecule has 5 rings (SSSR count). The first kappa shape index (κ1) is 32.0. The number of anilines is 3.